The smallest absolute Gasteiger partial charge is 0.270 e. The number of para-hydroxylation sites is 1. The summed E-state index contributed by atoms with van der Waals surface area (Å²) in [5.74, 6) is 0. The average Bonchev–Trinajstić information content (AvgIpc) is 3.15. The molecule has 0 unspecified atom stereocenters. The molecule has 0 aliphatic rings. The quantitative estimate of drug-likeness (QED) is 0.528. The zero-order valence-corrected chi connectivity index (χ0v) is 14.7. The summed E-state index contributed by atoms with van der Waals surface area (Å²) in [7, 11) is -3.91. The molecular weight excluding hydrogens is 356 g/mol. The van der Waals surface area contributed by atoms with Crippen LogP contribution < -0.4 is 4.72 Å². The Morgan fingerprint density at radius 2 is 2.00 bits per heavy atom. The molecule has 2 aromatic carbocycles. The van der Waals surface area contributed by atoms with Crippen LogP contribution in [0.1, 0.15) is 11.1 Å². The predicted molar refractivity (Wildman–Crippen MR) is 95.4 cm³/mol. The van der Waals surface area contributed by atoms with Crippen molar-refractivity contribution in [2.75, 3.05) is 0 Å². The molecule has 134 valence electrons. The van der Waals surface area contributed by atoms with Crippen molar-refractivity contribution in [3.05, 3.63) is 82.4 Å². The van der Waals surface area contributed by atoms with Crippen LogP contribution in [0.15, 0.2) is 66.1 Å². The summed E-state index contributed by atoms with van der Waals surface area (Å²) in [5, 5.41) is 10.9. The molecule has 0 aliphatic carbocycles. The normalized spacial score (nSPS) is 11.4. The number of non-ortho nitro benzene ring substituents is 1. The fraction of sp³-hybridized carbons (Fsp3) is 0.118. The Labute approximate surface area is 150 Å². The number of nitro groups is 1. The topological polar surface area (TPSA) is 107 Å². The van der Waals surface area contributed by atoms with Crippen molar-refractivity contribution >= 4 is 15.7 Å². The fourth-order valence-corrected chi connectivity index (χ4v) is 3.83. The maximum atomic E-state index is 12.6. The molecule has 0 radical (unpaired) electrons. The van der Waals surface area contributed by atoms with E-state index in [9.17, 15) is 18.5 Å². The van der Waals surface area contributed by atoms with Crippen LogP contribution >= 0.6 is 0 Å². The van der Waals surface area contributed by atoms with Crippen molar-refractivity contribution < 1.29 is 13.3 Å². The summed E-state index contributed by atoms with van der Waals surface area (Å²) in [6, 6.07) is 11.1. The lowest BCUT2D eigenvalue weighted by molar-refractivity contribution is -0.385. The standard InChI is InChI=1S/C17H16N4O4S/c1-13-6-7-15(21(22)23)10-17(13)26(24,25)19-11-14-4-2-3-5-16(14)20-9-8-18-12-20/h2-10,12,19H,11H2,1H3. The summed E-state index contributed by atoms with van der Waals surface area (Å²) in [5.41, 5.74) is 1.71. The lowest BCUT2D eigenvalue weighted by atomic mass is 10.2. The lowest BCUT2D eigenvalue weighted by Gasteiger charge is -2.12. The van der Waals surface area contributed by atoms with Crippen LogP contribution in [-0.4, -0.2) is 22.9 Å². The van der Waals surface area contributed by atoms with E-state index in [1.165, 1.54) is 12.1 Å². The highest BCUT2D eigenvalue weighted by Gasteiger charge is 2.20. The zero-order chi connectivity index (χ0) is 18.7. The van der Waals surface area contributed by atoms with Gasteiger partial charge in [0.1, 0.15) is 0 Å². The van der Waals surface area contributed by atoms with Gasteiger partial charge in [-0.2, -0.15) is 0 Å². The maximum Gasteiger partial charge on any atom is 0.270 e. The molecule has 0 atom stereocenters. The van der Waals surface area contributed by atoms with Crippen LogP contribution in [0.4, 0.5) is 5.69 Å². The second-order valence-corrected chi connectivity index (χ2v) is 7.37. The molecule has 0 bridgehead atoms. The number of imidazole rings is 1. The van der Waals surface area contributed by atoms with E-state index >= 15 is 0 Å². The molecule has 0 fully saturated rings. The van der Waals surface area contributed by atoms with Crippen molar-refractivity contribution in [1.82, 2.24) is 14.3 Å². The summed E-state index contributed by atoms with van der Waals surface area (Å²) < 4.78 is 29.6. The van der Waals surface area contributed by atoms with Crippen LogP contribution in [0.25, 0.3) is 5.69 Å². The van der Waals surface area contributed by atoms with Gasteiger partial charge >= 0.3 is 0 Å². The number of benzene rings is 2. The Hall–Kier alpha value is -3.04. The van der Waals surface area contributed by atoms with Crippen LogP contribution in [0.2, 0.25) is 0 Å². The van der Waals surface area contributed by atoms with E-state index < -0.39 is 14.9 Å². The number of aromatic nitrogens is 2. The Morgan fingerprint density at radius 3 is 2.69 bits per heavy atom. The molecular formula is C17H16N4O4S. The van der Waals surface area contributed by atoms with E-state index in [-0.39, 0.29) is 17.1 Å². The van der Waals surface area contributed by atoms with Gasteiger partial charge in [0.15, 0.2) is 0 Å². The lowest BCUT2D eigenvalue weighted by Crippen LogP contribution is -2.24. The summed E-state index contributed by atoms with van der Waals surface area (Å²) in [4.78, 5) is 14.2. The molecule has 0 saturated carbocycles. The minimum absolute atomic E-state index is 0.0405. The third kappa shape index (κ3) is 3.63. The molecule has 26 heavy (non-hydrogen) atoms. The SMILES string of the molecule is Cc1ccc([N+](=O)[O-])cc1S(=O)(=O)NCc1ccccc1-n1ccnc1. The Balaban J connectivity index is 1.89. The van der Waals surface area contributed by atoms with E-state index in [0.717, 1.165) is 17.3 Å². The highest BCUT2D eigenvalue weighted by atomic mass is 32.2. The van der Waals surface area contributed by atoms with Gasteiger partial charge in [-0.25, -0.2) is 18.1 Å². The third-order valence-corrected chi connectivity index (χ3v) is 5.44. The first-order chi connectivity index (χ1) is 12.4. The van der Waals surface area contributed by atoms with Gasteiger partial charge in [-0.3, -0.25) is 10.1 Å². The van der Waals surface area contributed by atoms with Gasteiger partial charge < -0.3 is 4.57 Å². The molecule has 1 N–H and O–H groups in total. The van der Waals surface area contributed by atoms with Crippen molar-refractivity contribution in [2.24, 2.45) is 0 Å². The largest absolute Gasteiger partial charge is 0.306 e. The molecule has 9 heteroatoms. The van der Waals surface area contributed by atoms with Crippen LogP contribution in [0.3, 0.4) is 0 Å². The second kappa shape index (κ2) is 7.06. The molecule has 8 nitrogen and oxygen atoms in total. The number of hydrogen-bond donors (Lipinski definition) is 1. The zero-order valence-electron chi connectivity index (χ0n) is 13.9. The monoisotopic (exact) mass is 372 g/mol. The molecule has 3 aromatic rings. The van der Waals surface area contributed by atoms with E-state index in [1.807, 2.05) is 18.2 Å². The second-order valence-electron chi connectivity index (χ2n) is 5.63. The van der Waals surface area contributed by atoms with E-state index in [4.69, 9.17) is 0 Å². The van der Waals surface area contributed by atoms with Gasteiger partial charge in [0, 0.05) is 31.1 Å². The first-order valence-corrected chi connectivity index (χ1v) is 9.18. The number of hydrogen-bond acceptors (Lipinski definition) is 5. The van der Waals surface area contributed by atoms with Gasteiger partial charge in [-0.1, -0.05) is 24.3 Å². The van der Waals surface area contributed by atoms with Gasteiger partial charge in [0.05, 0.1) is 21.8 Å². The Kier molecular flexibility index (Phi) is 4.83. The third-order valence-electron chi connectivity index (χ3n) is 3.90. The van der Waals surface area contributed by atoms with Crippen LogP contribution in [-0.2, 0) is 16.6 Å². The number of nitro benzene ring substituents is 1. The number of rotatable bonds is 6. The minimum Gasteiger partial charge on any atom is -0.306 e. The minimum atomic E-state index is -3.91. The molecule has 0 spiro atoms. The maximum absolute atomic E-state index is 12.6. The summed E-state index contributed by atoms with van der Waals surface area (Å²) in [6.45, 7) is 1.64. The van der Waals surface area contributed by atoms with Crippen LogP contribution in [0.5, 0.6) is 0 Å². The molecule has 0 amide bonds. The number of nitrogens with one attached hydrogen (secondary N) is 1. The van der Waals surface area contributed by atoms with Gasteiger partial charge in [-0.15, -0.1) is 0 Å². The van der Waals surface area contributed by atoms with Gasteiger partial charge in [-0.05, 0) is 24.1 Å². The number of aryl methyl sites for hydroxylation is 1. The van der Waals surface area contributed by atoms with E-state index in [1.54, 1.807) is 36.3 Å². The van der Waals surface area contributed by atoms with E-state index in [0.29, 0.717) is 5.56 Å². The first kappa shape index (κ1) is 17.8. The molecule has 0 saturated heterocycles. The Bertz CT molecular complexity index is 1050. The first-order valence-electron chi connectivity index (χ1n) is 7.69. The average molecular weight is 372 g/mol. The van der Waals surface area contributed by atoms with Gasteiger partial charge in [0.25, 0.3) is 5.69 Å². The predicted octanol–water partition coefficient (Wildman–Crippen LogP) is 2.57. The van der Waals surface area contributed by atoms with Crippen molar-refractivity contribution in [3.63, 3.8) is 0 Å². The molecule has 0 aliphatic heterocycles. The number of sulfonamides is 1. The highest BCUT2D eigenvalue weighted by Crippen LogP contribution is 2.22. The fourth-order valence-electron chi connectivity index (χ4n) is 2.56. The molecule has 1 aromatic heterocycles. The van der Waals surface area contributed by atoms with Gasteiger partial charge in [0.2, 0.25) is 10.0 Å². The number of nitrogens with zero attached hydrogens (tertiary/aromatic N) is 3. The summed E-state index contributed by atoms with van der Waals surface area (Å²) in [6.07, 6.45) is 5.02. The highest BCUT2D eigenvalue weighted by molar-refractivity contribution is 7.89. The van der Waals surface area contributed by atoms with Crippen molar-refractivity contribution in [2.45, 2.75) is 18.4 Å². The summed E-state index contributed by atoms with van der Waals surface area (Å²) >= 11 is 0. The Morgan fingerprint density at radius 1 is 1.23 bits per heavy atom. The molecule has 1 heterocycles. The van der Waals surface area contributed by atoms with Crippen LogP contribution in [0, 0.1) is 17.0 Å². The molecule has 3 rings (SSSR count). The van der Waals surface area contributed by atoms with E-state index in [2.05, 4.69) is 9.71 Å². The van der Waals surface area contributed by atoms with Crippen molar-refractivity contribution in [1.29, 1.82) is 0 Å². The van der Waals surface area contributed by atoms with Crippen molar-refractivity contribution in [3.8, 4) is 5.69 Å².